The molecule has 2 atom stereocenters. The Kier molecular flexibility index (Phi) is 5.01. The third-order valence-electron chi connectivity index (χ3n) is 4.39. The molecule has 1 aromatic carbocycles. The second-order valence-corrected chi connectivity index (χ2v) is 7.69. The number of benzene rings is 1. The van der Waals surface area contributed by atoms with Crippen molar-refractivity contribution in [2.45, 2.75) is 38.6 Å². The molecule has 2 N–H and O–H groups in total. The summed E-state index contributed by atoms with van der Waals surface area (Å²) in [6.07, 6.45) is 2.20. The Morgan fingerprint density at radius 3 is 2.83 bits per heavy atom. The number of aryl methyl sites for hydroxylation is 1. The molecule has 4 heteroatoms. The van der Waals surface area contributed by atoms with Crippen molar-refractivity contribution in [2.24, 2.45) is 4.99 Å². The molecular formula is C19H25N3S. The molecule has 0 radical (unpaired) electrons. The van der Waals surface area contributed by atoms with E-state index in [-0.39, 0.29) is 0 Å². The number of nitrogens with one attached hydrogen (secondary N) is 2. The minimum absolute atomic E-state index is 0.368. The van der Waals surface area contributed by atoms with Gasteiger partial charge in [0.2, 0.25) is 0 Å². The zero-order chi connectivity index (χ0) is 16.2. The Morgan fingerprint density at radius 2 is 2.13 bits per heavy atom. The van der Waals surface area contributed by atoms with Gasteiger partial charge in [-0.3, -0.25) is 4.99 Å². The number of nitrogens with zero attached hydrogens (tertiary/aromatic N) is 1. The first-order valence-electron chi connectivity index (χ1n) is 8.26. The molecule has 1 aromatic heterocycles. The Balaban J connectivity index is 1.47. The molecule has 0 spiro atoms. The first-order valence-corrected chi connectivity index (χ1v) is 9.07. The van der Waals surface area contributed by atoms with Gasteiger partial charge in [0.1, 0.15) is 0 Å². The molecule has 0 amide bonds. The van der Waals surface area contributed by atoms with E-state index in [0.29, 0.717) is 12.0 Å². The molecule has 1 aliphatic rings. The van der Waals surface area contributed by atoms with Gasteiger partial charge in [-0.15, -0.1) is 11.3 Å². The standard InChI is InChI=1S/C19H25N3S/c1-13(10-17-9-8-14(2)23-17)22-19(20-3)21-12-16-11-15-6-4-5-7-18(15)16/h4-9,13,16H,10-12H2,1-3H3,(H2,20,21,22). The highest BCUT2D eigenvalue weighted by Crippen LogP contribution is 2.33. The Bertz CT molecular complexity index is 689. The molecular weight excluding hydrogens is 302 g/mol. The monoisotopic (exact) mass is 327 g/mol. The van der Waals surface area contributed by atoms with E-state index in [2.05, 4.69) is 65.9 Å². The van der Waals surface area contributed by atoms with Crippen molar-refractivity contribution in [1.82, 2.24) is 10.6 Å². The molecule has 2 unspecified atom stereocenters. The van der Waals surface area contributed by atoms with Gasteiger partial charge < -0.3 is 10.6 Å². The average molecular weight is 327 g/mol. The maximum atomic E-state index is 4.36. The van der Waals surface area contributed by atoms with Gasteiger partial charge in [0.05, 0.1) is 0 Å². The summed E-state index contributed by atoms with van der Waals surface area (Å²) in [5, 5.41) is 6.97. The van der Waals surface area contributed by atoms with Crippen LogP contribution in [0.1, 0.15) is 33.7 Å². The van der Waals surface area contributed by atoms with Gasteiger partial charge in [-0.25, -0.2) is 0 Å². The fraction of sp³-hybridized carbons (Fsp3) is 0.421. The predicted molar refractivity (Wildman–Crippen MR) is 99.6 cm³/mol. The Morgan fingerprint density at radius 1 is 1.30 bits per heavy atom. The molecule has 3 rings (SSSR count). The van der Waals surface area contributed by atoms with Gasteiger partial charge in [-0.1, -0.05) is 24.3 Å². The second kappa shape index (κ2) is 7.18. The van der Waals surface area contributed by atoms with E-state index in [0.717, 1.165) is 18.9 Å². The minimum atomic E-state index is 0.368. The van der Waals surface area contributed by atoms with Gasteiger partial charge in [-0.05, 0) is 43.5 Å². The van der Waals surface area contributed by atoms with Crippen LogP contribution in [0.4, 0.5) is 0 Å². The van der Waals surface area contributed by atoms with Crippen molar-refractivity contribution in [3.8, 4) is 0 Å². The van der Waals surface area contributed by atoms with Crippen LogP contribution in [0.15, 0.2) is 41.4 Å². The van der Waals surface area contributed by atoms with Crippen molar-refractivity contribution in [3.63, 3.8) is 0 Å². The number of fused-ring (bicyclic) bond motifs is 1. The highest BCUT2D eigenvalue weighted by molar-refractivity contribution is 7.11. The largest absolute Gasteiger partial charge is 0.356 e. The van der Waals surface area contributed by atoms with Crippen LogP contribution < -0.4 is 10.6 Å². The van der Waals surface area contributed by atoms with Crippen molar-refractivity contribution in [3.05, 3.63) is 57.3 Å². The molecule has 0 bridgehead atoms. The Hall–Kier alpha value is -1.81. The molecule has 1 aliphatic carbocycles. The number of hydrogen-bond donors (Lipinski definition) is 2. The molecule has 3 nitrogen and oxygen atoms in total. The van der Waals surface area contributed by atoms with Gasteiger partial charge in [0, 0.05) is 41.7 Å². The topological polar surface area (TPSA) is 36.4 Å². The Labute approximate surface area is 142 Å². The number of rotatable bonds is 5. The van der Waals surface area contributed by atoms with E-state index in [4.69, 9.17) is 0 Å². The molecule has 1 heterocycles. The van der Waals surface area contributed by atoms with E-state index < -0.39 is 0 Å². The number of hydrogen-bond acceptors (Lipinski definition) is 2. The lowest BCUT2D eigenvalue weighted by Crippen LogP contribution is -2.45. The molecule has 0 aliphatic heterocycles. The number of guanidine groups is 1. The number of aliphatic imine (C=N–C) groups is 1. The van der Waals surface area contributed by atoms with E-state index in [9.17, 15) is 0 Å². The summed E-state index contributed by atoms with van der Waals surface area (Å²) in [5.41, 5.74) is 2.97. The lowest BCUT2D eigenvalue weighted by molar-refractivity contribution is 0.573. The van der Waals surface area contributed by atoms with Crippen LogP contribution in [0.2, 0.25) is 0 Å². The highest BCUT2D eigenvalue weighted by Gasteiger charge is 2.25. The van der Waals surface area contributed by atoms with Crippen molar-refractivity contribution >= 4 is 17.3 Å². The highest BCUT2D eigenvalue weighted by atomic mass is 32.1. The SMILES string of the molecule is CN=C(NCC1Cc2ccccc21)NC(C)Cc1ccc(C)s1. The van der Waals surface area contributed by atoms with Crippen LogP contribution in [0.5, 0.6) is 0 Å². The summed E-state index contributed by atoms with van der Waals surface area (Å²) in [6, 6.07) is 13.5. The van der Waals surface area contributed by atoms with Crippen molar-refractivity contribution in [1.29, 1.82) is 0 Å². The van der Waals surface area contributed by atoms with E-state index in [1.165, 1.54) is 27.3 Å². The van der Waals surface area contributed by atoms with E-state index in [1.54, 1.807) is 0 Å². The first kappa shape index (κ1) is 16.1. The molecule has 0 saturated carbocycles. The van der Waals surface area contributed by atoms with E-state index >= 15 is 0 Å². The molecule has 23 heavy (non-hydrogen) atoms. The summed E-state index contributed by atoms with van der Waals surface area (Å²) in [6.45, 7) is 5.31. The second-order valence-electron chi connectivity index (χ2n) is 6.31. The van der Waals surface area contributed by atoms with Crippen LogP contribution in [0.3, 0.4) is 0 Å². The van der Waals surface area contributed by atoms with Gasteiger partial charge in [0.15, 0.2) is 5.96 Å². The predicted octanol–water partition coefficient (Wildman–Crippen LogP) is 3.49. The lowest BCUT2D eigenvalue weighted by atomic mass is 9.78. The number of thiophene rings is 1. The van der Waals surface area contributed by atoms with Gasteiger partial charge in [0.25, 0.3) is 0 Å². The van der Waals surface area contributed by atoms with Crippen LogP contribution in [-0.4, -0.2) is 25.6 Å². The summed E-state index contributed by atoms with van der Waals surface area (Å²) >= 11 is 1.87. The first-order chi connectivity index (χ1) is 11.2. The normalized spacial score (nSPS) is 18.0. The third kappa shape index (κ3) is 3.94. The van der Waals surface area contributed by atoms with Crippen molar-refractivity contribution < 1.29 is 0 Å². The zero-order valence-electron chi connectivity index (χ0n) is 14.1. The molecule has 122 valence electrons. The summed E-state index contributed by atoms with van der Waals surface area (Å²) in [4.78, 5) is 7.15. The van der Waals surface area contributed by atoms with Crippen LogP contribution in [0, 0.1) is 6.92 Å². The van der Waals surface area contributed by atoms with E-state index in [1.807, 2.05) is 18.4 Å². The smallest absolute Gasteiger partial charge is 0.191 e. The fourth-order valence-corrected chi connectivity index (χ4v) is 4.16. The van der Waals surface area contributed by atoms with Crippen LogP contribution >= 0.6 is 11.3 Å². The molecule has 2 aromatic rings. The summed E-state index contributed by atoms with van der Waals surface area (Å²) in [5.74, 6) is 1.51. The molecule has 0 saturated heterocycles. The van der Waals surface area contributed by atoms with Crippen LogP contribution in [0.25, 0.3) is 0 Å². The lowest BCUT2D eigenvalue weighted by Gasteiger charge is -2.31. The van der Waals surface area contributed by atoms with Gasteiger partial charge in [-0.2, -0.15) is 0 Å². The average Bonchev–Trinajstić information content (AvgIpc) is 2.92. The summed E-state index contributed by atoms with van der Waals surface area (Å²) < 4.78 is 0. The van der Waals surface area contributed by atoms with Gasteiger partial charge >= 0.3 is 0 Å². The van der Waals surface area contributed by atoms with Crippen molar-refractivity contribution in [2.75, 3.05) is 13.6 Å². The van der Waals surface area contributed by atoms with Crippen LogP contribution in [-0.2, 0) is 12.8 Å². The molecule has 0 fully saturated rings. The third-order valence-corrected chi connectivity index (χ3v) is 5.41. The zero-order valence-corrected chi connectivity index (χ0v) is 14.9. The quantitative estimate of drug-likeness (QED) is 0.651. The maximum Gasteiger partial charge on any atom is 0.191 e. The maximum absolute atomic E-state index is 4.36. The fourth-order valence-electron chi connectivity index (χ4n) is 3.14. The summed E-state index contributed by atoms with van der Waals surface area (Å²) in [7, 11) is 1.84. The minimum Gasteiger partial charge on any atom is -0.356 e.